The molecule has 4 rings (SSSR count). The average molecular weight is 510 g/mol. The first-order valence-corrected chi connectivity index (χ1v) is 12.5. The number of halogens is 1. The Hall–Kier alpha value is -2.90. The van der Waals surface area contributed by atoms with Gasteiger partial charge in [0.15, 0.2) is 21.3 Å². The molecule has 182 valence electrons. The molecule has 1 saturated heterocycles. The molecule has 0 N–H and O–H groups in total. The van der Waals surface area contributed by atoms with Gasteiger partial charge in [-0.2, -0.15) is 9.97 Å². The van der Waals surface area contributed by atoms with E-state index in [9.17, 15) is 8.42 Å². The lowest BCUT2D eigenvalue weighted by Crippen LogP contribution is -2.30. The third kappa shape index (κ3) is 4.55. The van der Waals surface area contributed by atoms with E-state index in [0.717, 1.165) is 0 Å². The van der Waals surface area contributed by atoms with Crippen LogP contribution in [-0.4, -0.2) is 75.8 Å². The Morgan fingerprint density at radius 3 is 2.24 bits per heavy atom. The Kier molecular flexibility index (Phi) is 6.96. The van der Waals surface area contributed by atoms with Gasteiger partial charge in [-0.3, -0.25) is 4.57 Å². The maximum Gasteiger partial charge on any atom is 0.245 e. The molecule has 12 nitrogen and oxygen atoms in total. The lowest BCUT2D eigenvalue weighted by molar-refractivity contribution is 0.00406. The second kappa shape index (κ2) is 9.76. The van der Waals surface area contributed by atoms with E-state index in [4.69, 9.17) is 25.8 Å². The van der Waals surface area contributed by atoms with Crippen LogP contribution in [0.3, 0.4) is 0 Å². The molecule has 1 aliphatic heterocycles. The first kappa shape index (κ1) is 24.2. The van der Waals surface area contributed by atoms with Crippen molar-refractivity contribution in [3.63, 3.8) is 0 Å². The molecule has 0 aliphatic carbocycles. The third-order valence-electron chi connectivity index (χ3n) is 5.77. The van der Waals surface area contributed by atoms with E-state index >= 15 is 0 Å². The number of rotatable bonds is 9. The van der Waals surface area contributed by atoms with Crippen LogP contribution in [0.1, 0.15) is 43.2 Å². The van der Waals surface area contributed by atoms with Crippen molar-refractivity contribution in [3.8, 4) is 17.4 Å². The van der Waals surface area contributed by atoms with Gasteiger partial charge in [-0.25, -0.2) is 18.4 Å². The van der Waals surface area contributed by atoms with Crippen molar-refractivity contribution in [3.05, 3.63) is 41.2 Å². The zero-order valence-corrected chi connectivity index (χ0v) is 20.6. The summed E-state index contributed by atoms with van der Waals surface area (Å²) in [5.41, 5.74) is 0.325. The molecule has 3 aromatic rings. The smallest absolute Gasteiger partial charge is 0.245 e. The lowest BCUT2D eigenvalue weighted by atomic mass is 10.1. The third-order valence-corrected chi connectivity index (χ3v) is 8.17. The largest absolute Gasteiger partial charge is 0.479 e. The quantitative estimate of drug-likeness (QED) is 0.415. The first-order chi connectivity index (χ1) is 16.3. The molecule has 0 unspecified atom stereocenters. The van der Waals surface area contributed by atoms with Crippen LogP contribution < -0.4 is 9.47 Å². The fraction of sp³-hybridized carbons (Fsp3) is 0.500. The number of methoxy groups -OCH3 is 2. The SMILES string of the molecule is COc1ncnc(OC)c1-n1c(CS(=O)(=O)[C@@H](C)[C@H](C)c2ncc(Cl)cn2)nnc1C1COC1. The fourth-order valence-corrected chi connectivity index (χ4v) is 5.19. The number of hydrogen-bond donors (Lipinski definition) is 0. The van der Waals surface area contributed by atoms with Crippen molar-refractivity contribution in [2.24, 2.45) is 0 Å². The van der Waals surface area contributed by atoms with Crippen LogP contribution in [0.15, 0.2) is 18.7 Å². The first-order valence-electron chi connectivity index (χ1n) is 10.4. The highest BCUT2D eigenvalue weighted by molar-refractivity contribution is 7.91. The van der Waals surface area contributed by atoms with Crippen LogP contribution in [0.5, 0.6) is 11.8 Å². The van der Waals surface area contributed by atoms with Crippen molar-refractivity contribution < 1.29 is 22.6 Å². The van der Waals surface area contributed by atoms with Gasteiger partial charge in [0.2, 0.25) is 11.8 Å². The maximum atomic E-state index is 13.5. The predicted molar refractivity (Wildman–Crippen MR) is 121 cm³/mol. The van der Waals surface area contributed by atoms with Crippen molar-refractivity contribution in [1.82, 2.24) is 34.7 Å². The summed E-state index contributed by atoms with van der Waals surface area (Å²) >= 11 is 5.86. The van der Waals surface area contributed by atoms with E-state index in [1.807, 2.05) is 0 Å². The standard InChI is InChI=1S/C20H24ClN7O5S/c1-11(17-22-5-14(21)6-23-17)12(2)34(29,30)9-15-26-27-18(13-7-33-8-13)28(15)16-19(31-3)24-10-25-20(16)32-4/h5-6,10-13H,7-9H2,1-4H3/t11-,12-/m0/s1. The van der Waals surface area contributed by atoms with E-state index in [1.165, 1.54) is 32.9 Å². The molecule has 4 heterocycles. The summed E-state index contributed by atoms with van der Waals surface area (Å²) in [7, 11) is -0.827. The van der Waals surface area contributed by atoms with Gasteiger partial charge in [0.1, 0.15) is 23.7 Å². The van der Waals surface area contributed by atoms with Crippen LogP contribution in [0.4, 0.5) is 0 Å². The summed E-state index contributed by atoms with van der Waals surface area (Å²) in [5.74, 6) is 0.529. The van der Waals surface area contributed by atoms with Crippen LogP contribution in [0.25, 0.3) is 5.69 Å². The topological polar surface area (TPSA) is 144 Å². The van der Waals surface area contributed by atoms with Gasteiger partial charge in [-0.15, -0.1) is 10.2 Å². The van der Waals surface area contributed by atoms with Crippen molar-refractivity contribution >= 4 is 21.4 Å². The van der Waals surface area contributed by atoms with E-state index in [2.05, 4.69) is 30.1 Å². The van der Waals surface area contributed by atoms with Crippen LogP contribution in [-0.2, 0) is 20.3 Å². The Balaban J connectivity index is 1.74. The molecule has 0 bridgehead atoms. The number of hydrogen-bond acceptors (Lipinski definition) is 11. The molecule has 1 fully saturated rings. The normalized spacial score (nSPS) is 16.0. The van der Waals surface area contributed by atoms with Crippen LogP contribution >= 0.6 is 11.6 Å². The zero-order valence-electron chi connectivity index (χ0n) is 19.0. The van der Waals surface area contributed by atoms with E-state index in [-0.39, 0.29) is 23.5 Å². The van der Waals surface area contributed by atoms with Gasteiger partial charge >= 0.3 is 0 Å². The number of nitrogens with zero attached hydrogens (tertiary/aromatic N) is 7. The summed E-state index contributed by atoms with van der Waals surface area (Å²) < 4.78 is 44.7. The molecule has 0 spiro atoms. The molecule has 0 amide bonds. The molecule has 0 saturated carbocycles. The monoisotopic (exact) mass is 509 g/mol. The van der Waals surface area contributed by atoms with Gasteiger partial charge < -0.3 is 14.2 Å². The lowest BCUT2D eigenvalue weighted by Gasteiger charge is -2.26. The highest BCUT2D eigenvalue weighted by Crippen LogP contribution is 2.35. The molecular weight excluding hydrogens is 486 g/mol. The summed E-state index contributed by atoms with van der Waals surface area (Å²) in [6, 6.07) is 0. The summed E-state index contributed by atoms with van der Waals surface area (Å²) in [4.78, 5) is 16.7. The van der Waals surface area contributed by atoms with Crippen molar-refractivity contribution in [1.29, 1.82) is 0 Å². The highest BCUT2D eigenvalue weighted by atomic mass is 35.5. The Bertz CT molecular complexity index is 1240. The van der Waals surface area contributed by atoms with E-state index in [1.54, 1.807) is 18.4 Å². The van der Waals surface area contributed by atoms with Gasteiger partial charge in [0, 0.05) is 18.3 Å². The number of sulfone groups is 1. The molecule has 0 radical (unpaired) electrons. The molecule has 0 aromatic carbocycles. The second-order valence-corrected chi connectivity index (χ2v) is 10.6. The van der Waals surface area contributed by atoms with Gasteiger partial charge in [-0.05, 0) is 6.92 Å². The average Bonchev–Trinajstić information content (AvgIpc) is 3.18. The summed E-state index contributed by atoms with van der Waals surface area (Å²) in [6.07, 6.45) is 4.18. The number of ether oxygens (including phenoxy) is 3. The summed E-state index contributed by atoms with van der Waals surface area (Å²) in [5, 5.41) is 8.06. The highest BCUT2D eigenvalue weighted by Gasteiger charge is 2.35. The van der Waals surface area contributed by atoms with E-state index < -0.39 is 26.8 Å². The molecule has 2 atom stereocenters. The predicted octanol–water partition coefficient (Wildman–Crippen LogP) is 1.74. The maximum absolute atomic E-state index is 13.5. The molecule has 3 aromatic heterocycles. The zero-order chi connectivity index (χ0) is 24.5. The number of aromatic nitrogens is 7. The van der Waals surface area contributed by atoms with Crippen molar-refractivity contribution in [2.75, 3.05) is 27.4 Å². The summed E-state index contributed by atoms with van der Waals surface area (Å²) in [6.45, 7) is 4.24. The fourth-order valence-electron chi connectivity index (χ4n) is 3.54. The minimum atomic E-state index is -3.73. The van der Waals surface area contributed by atoms with E-state index in [0.29, 0.717) is 35.6 Å². The van der Waals surface area contributed by atoms with Gasteiger partial charge in [-0.1, -0.05) is 18.5 Å². The molecular formula is C20H24ClN7O5S. The molecule has 14 heteroatoms. The van der Waals surface area contributed by atoms with Crippen LogP contribution in [0, 0.1) is 0 Å². The van der Waals surface area contributed by atoms with Crippen molar-refractivity contribution in [2.45, 2.75) is 36.7 Å². The second-order valence-electron chi connectivity index (χ2n) is 7.85. The Morgan fingerprint density at radius 1 is 1.09 bits per heavy atom. The van der Waals surface area contributed by atoms with Gasteiger partial charge in [0.25, 0.3) is 0 Å². The minimum absolute atomic E-state index is 0.0719. The van der Waals surface area contributed by atoms with Gasteiger partial charge in [0.05, 0.1) is 43.6 Å². The molecule has 1 aliphatic rings. The Labute approximate surface area is 201 Å². The molecule has 34 heavy (non-hydrogen) atoms. The van der Waals surface area contributed by atoms with Crippen LogP contribution in [0.2, 0.25) is 5.02 Å². The Morgan fingerprint density at radius 2 is 1.71 bits per heavy atom. The minimum Gasteiger partial charge on any atom is -0.479 e.